The van der Waals surface area contributed by atoms with E-state index in [1.807, 2.05) is 6.92 Å². The summed E-state index contributed by atoms with van der Waals surface area (Å²) in [4.78, 5) is 13.7. The zero-order chi connectivity index (χ0) is 13.5. The molecule has 0 bridgehead atoms. The van der Waals surface area contributed by atoms with Crippen molar-refractivity contribution in [2.75, 3.05) is 33.4 Å². The maximum atomic E-state index is 13.6. The molecule has 0 aromatic heterocycles. The Morgan fingerprint density at radius 3 is 2.78 bits per heavy atom. The van der Waals surface area contributed by atoms with Crippen LogP contribution in [-0.2, 0) is 4.74 Å². The van der Waals surface area contributed by atoms with Crippen molar-refractivity contribution in [3.8, 4) is 0 Å². The first-order valence-corrected chi connectivity index (χ1v) is 5.84. The Bertz CT molecular complexity index is 410. The first-order valence-electron chi connectivity index (χ1n) is 5.84. The summed E-state index contributed by atoms with van der Waals surface area (Å²) in [6.07, 6.45) is 0. The number of amides is 1. The molecule has 0 atom stereocenters. The summed E-state index contributed by atoms with van der Waals surface area (Å²) in [6.45, 7) is 3.34. The molecule has 0 aliphatic heterocycles. The van der Waals surface area contributed by atoms with Crippen molar-refractivity contribution in [1.29, 1.82) is 0 Å². The summed E-state index contributed by atoms with van der Waals surface area (Å²) < 4.78 is 18.6. The second-order valence-corrected chi connectivity index (χ2v) is 4.06. The third-order valence-electron chi connectivity index (χ3n) is 2.60. The number of rotatable bonds is 6. The molecule has 2 N–H and O–H groups in total. The zero-order valence-electron chi connectivity index (χ0n) is 10.8. The molecular formula is C13H19FN2O2. The summed E-state index contributed by atoms with van der Waals surface area (Å²) in [5.74, 6) is -0.858. The van der Waals surface area contributed by atoms with E-state index >= 15 is 0 Å². The molecule has 0 spiro atoms. The van der Waals surface area contributed by atoms with Gasteiger partial charge in [-0.15, -0.1) is 0 Å². The third-order valence-corrected chi connectivity index (χ3v) is 2.60. The van der Waals surface area contributed by atoms with Crippen LogP contribution in [0, 0.1) is 12.7 Å². The van der Waals surface area contributed by atoms with Gasteiger partial charge in [-0.25, -0.2) is 4.39 Å². The summed E-state index contributed by atoms with van der Waals surface area (Å²) in [7, 11) is 1.55. The standard InChI is InChI=1S/C13H19FN2O2/c1-10-3-4-12(14)11(9-10)13(17)16(6-5-15)7-8-18-2/h3-4,9H,5-8,15H2,1-2H3. The topological polar surface area (TPSA) is 55.6 Å². The van der Waals surface area contributed by atoms with Crippen LogP contribution in [0.2, 0.25) is 0 Å². The Balaban J connectivity index is 2.90. The lowest BCUT2D eigenvalue weighted by Crippen LogP contribution is -2.38. The van der Waals surface area contributed by atoms with E-state index in [9.17, 15) is 9.18 Å². The molecule has 0 radical (unpaired) electrons. The summed E-state index contributed by atoms with van der Waals surface area (Å²) in [6, 6.07) is 4.49. The normalized spacial score (nSPS) is 10.4. The molecule has 0 heterocycles. The minimum atomic E-state index is -0.509. The van der Waals surface area contributed by atoms with Gasteiger partial charge in [-0.2, -0.15) is 0 Å². The molecule has 1 aromatic carbocycles. The van der Waals surface area contributed by atoms with Crippen molar-refractivity contribution in [1.82, 2.24) is 4.90 Å². The second kappa shape index (κ2) is 7.08. The highest BCUT2D eigenvalue weighted by Crippen LogP contribution is 2.12. The lowest BCUT2D eigenvalue weighted by atomic mass is 10.1. The number of carbonyl (C=O) groups excluding carboxylic acids is 1. The van der Waals surface area contributed by atoms with Gasteiger partial charge in [-0.1, -0.05) is 11.6 Å². The molecule has 0 saturated heterocycles. The minimum absolute atomic E-state index is 0.0829. The monoisotopic (exact) mass is 254 g/mol. The molecule has 1 amide bonds. The van der Waals surface area contributed by atoms with E-state index in [0.29, 0.717) is 26.2 Å². The van der Waals surface area contributed by atoms with Gasteiger partial charge >= 0.3 is 0 Å². The van der Waals surface area contributed by atoms with Crippen LogP contribution in [0.1, 0.15) is 15.9 Å². The van der Waals surface area contributed by atoms with E-state index in [1.165, 1.54) is 11.0 Å². The average Bonchev–Trinajstić information content (AvgIpc) is 2.36. The van der Waals surface area contributed by atoms with Crippen molar-refractivity contribution in [3.63, 3.8) is 0 Å². The van der Waals surface area contributed by atoms with Gasteiger partial charge in [0, 0.05) is 26.7 Å². The van der Waals surface area contributed by atoms with Crippen LogP contribution in [0.25, 0.3) is 0 Å². The number of methoxy groups -OCH3 is 1. The lowest BCUT2D eigenvalue weighted by molar-refractivity contribution is 0.0697. The van der Waals surface area contributed by atoms with Crippen LogP contribution in [0.5, 0.6) is 0 Å². The molecule has 18 heavy (non-hydrogen) atoms. The summed E-state index contributed by atoms with van der Waals surface area (Å²) in [5.41, 5.74) is 6.39. The zero-order valence-corrected chi connectivity index (χ0v) is 10.8. The maximum absolute atomic E-state index is 13.6. The highest BCUT2D eigenvalue weighted by molar-refractivity contribution is 5.94. The van der Waals surface area contributed by atoms with E-state index in [2.05, 4.69) is 0 Å². The SMILES string of the molecule is COCCN(CCN)C(=O)c1cc(C)ccc1F. The van der Waals surface area contributed by atoms with E-state index in [4.69, 9.17) is 10.5 Å². The number of hydrogen-bond acceptors (Lipinski definition) is 3. The number of benzene rings is 1. The molecule has 1 rings (SSSR count). The Morgan fingerprint density at radius 1 is 1.44 bits per heavy atom. The van der Waals surface area contributed by atoms with Gasteiger partial charge in [0.2, 0.25) is 0 Å². The Morgan fingerprint density at radius 2 is 2.17 bits per heavy atom. The van der Waals surface area contributed by atoms with Crippen molar-refractivity contribution >= 4 is 5.91 Å². The van der Waals surface area contributed by atoms with E-state index in [0.717, 1.165) is 5.56 Å². The summed E-state index contributed by atoms with van der Waals surface area (Å²) in [5, 5.41) is 0. The molecule has 0 saturated carbocycles. The van der Waals surface area contributed by atoms with Crippen molar-refractivity contribution < 1.29 is 13.9 Å². The van der Waals surface area contributed by atoms with Gasteiger partial charge in [0.15, 0.2) is 0 Å². The van der Waals surface area contributed by atoms with Crippen LogP contribution in [0.4, 0.5) is 4.39 Å². The molecule has 5 heteroatoms. The van der Waals surface area contributed by atoms with Crippen LogP contribution in [-0.4, -0.2) is 44.2 Å². The number of hydrogen-bond donors (Lipinski definition) is 1. The van der Waals surface area contributed by atoms with Crippen LogP contribution >= 0.6 is 0 Å². The van der Waals surface area contributed by atoms with Gasteiger partial charge in [0.05, 0.1) is 12.2 Å². The number of nitrogens with two attached hydrogens (primary N) is 1. The number of carbonyl (C=O) groups is 1. The highest BCUT2D eigenvalue weighted by Gasteiger charge is 2.18. The van der Waals surface area contributed by atoms with Crippen molar-refractivity contribution in [2.45, 2.75) is 6.92 Å². The smallest absolute Gasteiger partial charge is 0.256 e. The number of ether oxygens (including phenoxy) is 1. The van der Waals surface area contributed by atoms with Crippen molar-refractivity contribution in [2.24, 2.45) is 5.73 Å². The van der Waals surface area contributed by atoms with E-state index in [-0.39, 0.29) is 11.5 Å². The van der Waals surface area contributed by atoms with Crippen LogP contribution in [0.3, 0.4) is 0 Å². The fourth-order valence-corrected chi connectivity index (χ4v) is 1.65. The molecule has 1 aromatic rings. The van der Waals surface area contributed by atoms with Gasteiger partial charge in [-0.05, 0) is 19.1 Å². The van der Waals surface area contributed by atoms with E-state index < -0.39 is 5.82 Å². The third kappa shape index (κ3) is 3.78. The molecule has 4 nitrogen and oxygen atoms in total. The Labute approximate surface area is 107 Å². The fourth-order valence-electron chi connectivity index (χ4n) is 1.65. The Hall–Kier alpha value is -1.46. The largest absolute Gasteiger partial charge is 0.383 e. The van der Waals surface area contributed by atoms with Crippen molar-refractivity contribution in [3.05, 3.63) is 35.1 Å². The maximum Gasteiger partial charge on any atom is 0.256 e. The first-order chi connectivity index (χ1) is 8.60. The second-order valence-electron chi connectivity index (χ2n) is 4.06. The van der Waals surface area contributed by atoms with Gasteiger partial charge in [0.25, 0.3) is 5.91 Å². The van der Waals surface area contributed by atoms with E-state index in [1.54, 1.807) is 19.2 Å². The lowest BCUT2D eigenvalue weighted by Gasteiger charge is -2.22. The minimum Gasteiger partial charge on any atom is -0.383 e. The van der Waals surface area contributed by atoms with Crippen LogP contribution in [0.15, 0.2) is 18.2 Å². The molecule has 0 unspecified atom stereocenters. The molecule has 0 aliphatic carbocycles. The molecule has 0 fully saturated rings. The number of nitrogens with zero attached hydrogens (tertiary/aromatic N) is 1. The first kappa shape index (κ1) is 14.6. The van der Waals surface area contributed by atoms with Gasteiger partial charge in [0.1, 0.15) is 5.82 Å². The predicted octanol–water partition coefficient (Wildman–Crippen LogP) is 1.18. The number of halogens is 1. The highest BCUT2D eigenvalue weighted by atomic mass is 19.1. The average molecular weight is 254 g/mol. The molecule has 100 valence electrons. The molecule has 0 aliphatic rings. The quantitative estimate of drug-likeness (QED) is 0.829. The summed E-state index contributed by atoms with van der Waals surface area (Å²) >= 11 is 0. The van der Waals surface area contributed by atoms with Crippen LogP contribution < -0.4 is 5.73 Å². The fraction of sp³-hybridized carbons (Fsp3) is 0.462. The Kier molecular flexibility index (Phi) is 5.74. The van der Waals surface area contributed by atoms with Gasteiger partial charge in [-0.3, -0.25) is 4.79 Å². The number of aryl methyl sites for hydroxylation is 1. The van der Waals surface area contributed by atoms with Gasteiger partial charge < -0.3 is 15.4 Å². The predicted molar refractivity (Wildman–Crippen MR) is 68.0 cm³/mol. The molecular weight excluding hydrogens is 235 g/mol.